The second-order valence-electron chi connectivity index (χ2n) is 7.05. The maximum atomic E-state index is 5.78. The molecular weight excluding hydrogens is 469 g/mol. The Bertz CT molecular complexity index is 745. The van der Waals surface area contributed by atoms with E-state index >= 15 is 0 Å². The third-order valence-corrected chi connectivity index (χ3v) is 5.05. The lowest BCUT2D eigenvalue weighted by molar-refractivity contribution is 0.187. The van der Waals surface area contributed by atoms with Gasteiger partial charge in [0.2, 0.25) is 0 Å². The van der Waals surface area contributed by atoms with Gasteiger partial charge in [-0.25, -0.2) is 0 Å². The Balaban J connectivity index is 0.00000225. The summed E-state index contributed by atoms with van der Waals surface area (Å²) in [7, 11) is 0. The summed E-state index contributed by atoms with van der Waals surface area (Å²) in [6, 6.07) is 12.3. The summed E-state index contributed by atoms with van der Waals surface area (Å²) in [4.78, 5) is 4.83. The van der Waals surface area contributed by atoms with Crippen molar-refractivity contribution in [3.05, 3.63) is 54.0 Å². The Morgan fingerprint density at radius 2 is 2.04 bits per heavy atom. The van der Waals surface area contributed by atoms with Crippen LogP contribution >= 0.6 is 24.0 Å². The van der Waals surface area contributed by atoms with Gasteiger partial charge < -0.3 is 24.5 Å². The van der Waals surface area contributed by atoms with Crippen LogP contribution in [0.5, 0.6) is 5.75 Å². The van der Waals surface area contributed by atoms with Gasteiger partial charge in [0, 0.05) is 44.0 Å². The predicted molar refractivity (Wildman–Crippen MR) is 119 cm³/mol. The van der Waals surface area contributed by atoms with Gasteiger partial charge in [-0.2, -0.15) is 0 Å². The van der Waals surface area contributed by atoms with Gasteiger partial charge in [-0.3, -0.25) is 4.99 Å². The maximum Gasteiger partial charge on any atom is 0.191 e. The summed E-state index contributed by atoms with van der Waals surface area (Å²) in [6.45, 7) is 3.92. The molecule has 1 aromatic carbocycles. The van der Waals surface area contributed by atoms with Gasteiger partial charge in [-0.05, 0) is 24.6 Å². The van der Waals surface area contributed by atoms with Crippen molar-refractivity contribution in [2.45, 2.75) is 25.3 Å². The Morgan fingerprint density at radius 1 is 1.11 bits per heavy atom. The van der Waals surface area contributed by atoms with Crippen LogP contribution in [0.25, 0.3) is 0 Å². The van der Waals surface area contributed by atoms with Crippen LogP contribution in [0.15, 0.2) is 52.1 Å². The molecule has 2 N–H and O–H groups in total. The van der Waals surface area contributed by atoms with Gasteiger partial charge >= 0.3 is 0 Å². The molecule has 4 rings (SSSR count). The predicted octanol–water partition coefficient (Wildman–Crippen LogP) is 3.54. The van der Waals surface area contributed by atoms with Gasteiger partial charge in [0.25, 0.3) is 0 Å². The molecule has 1 saturated heterocycles. The molecule has 2 aliphatic heterocycles. The number of furan rings is 1. The molecule has 1 aromatic heterocycles. The highest BCUT2D eigenvalue weighted by Gasteiger charge is 2.22. The van der Waals surface area contributed by atoms with Crippen LogP contribution in [-0.2, 0) is 11.2 Å². The van der Waals surface area contributed by atoms with Crippen LogP contribution in [-0.4, -0.2) is 38.9 Å². The number of ether oxygens (including phenoxy) is 2. The molecule has 0 bridgehead atoms. The highest BCUT2D eigenvalue weighted by molar-refractivity contribution is 14.0. The number of nitrogens with one attached hydrogen (secondary N) is 2. The van der Waals surface area contributed by atoms with E-state index in [0.717, 1.165) is 63.0 Å². The molecule has 2 aliphatic rings. The van der Waals surface area contributed by atoms with E-state index in [0.29, 0.717) is 12.5 Å². The number of benzene rings is 1. The van der Waals surface area contributed by atoms with Crippen LogP contribution < -0.4 is 15.4 Å². The highest BCUT2D eigenvalue weighted by Crippen LogP contribution is 2.31. The van der Waals surface area contributed by atoms with E-state index < -0.39 is 0 Å². The topological polar surface area (TPSA) is 68.0 Å². The maximum absolute atomic E-state index is 5.78. The minimum Gasteiger partial charge on any atom is -0.493 e. The van der Waals surface area contributed by atoms with E-state index in [4.69, 9.17) is 18.9 Å². The smallest absolute Gasteiger partial charge is 0.191 e. The Morgan fingerprint density at radius 3 is 2.86 bits per heavy atom. The van der Waals surface area contributed by atoms with Crippen LogP contribution in [0.3, 0.4) is 0 Å². The molecule has 28 heavy (non-hydrogen) atoms. The summed E-state index contributed by atoms with van der Waals surface area (Å²) in [5.74, 6) is 3.29. The summed E-state index contributed by atoms with van der Waals surface area (Å²) in [6.07, 6.45) is 4.54. The van der Waals surface area contributed by atoms with Crippen molar-refractivity contribution in [1.29, 1.82) is 0 Å². The van der Waals surface area contributed by atoms with Crippen molar-refractivity contribution >= 4 is 29.9 Å². The average Bonchev–Trinajstić information content (AvgIpc) is 3.40. The van der Waals surface area contributed by atoms with E-state index in [1.165, 1.54) is 5.56 Å². The fourth-order valence-electron chi connectivity index (χ4n) is 3.52. The molecule has 2 unspecified atom stereocenters. The fraction of sp³-hybridized carbons (Fsp3) is 0.476. The quantitative estimate of drug-likeness (QED) is 0.363. The number of hydrogen-bond acceptors (Lipinski definition) is 4. The summed E-state index contributed by atoms with van der Waals surface area (Å²) < 4.78 is 16.7. The van der Waals surface area contributed by atoms with Crippen molar-refractivity contribution < 1.29 is 13.9 Å². The van der Waals surface area contributed by atoms with Crippen molar-refractivity contribution in [3.8, 4) is 5.75 Å². The van der Waals surface area contributed by atoms with Crippen molar-refractivity contribution in [3.63, 3.8) is 0 Å². The number of nitrogens with zero attached hydrogens (tertiary/aromatic N) is 1. The minimum absolute atomic E-state index is 0. The molecule has 152 valence electrons. The van der Waals surface area contributed by atoms with Crippen molar-refractivity contribution in [2.75, 3.05) is 32.9 Å². The molecule has 0 saturated carbocycles. The molecule has 3 heterocycles. The zero-order chi connectivity index (χ0) is 18.3. The first-order valence-electron chi connectivity index (χ1n) is 9.75. The summed E-state index contributed by atoms with van der Waals surface area (Å²) >= 11 is 0. The van der Waals surface area contributed by atoms with E-state index in [1.54, 1.807) is 6.26 Å². The average molecular weight is 497 g/mol. The molecule has 0 spiro atoms. The Labute approximate surface area is 183 Å². The number of hydrogen-bond donors (Lipinski definition) is 2. The van der Waals surface area contributed by atoms with Gasteiger partial charge in [-0.1, -0.05) is 18.2 Å². The number of rotatable bonds is 6. The monoisotopic (exact) mass is 497 g/mol. The van der Waals surface area contributed by atoms with Gasteiger partial charge in [0.1, 0.15) is 11.5 Å². The summed E-state index contributed by atoms with van der Waals surface area (Å²) in [5.41, 5.74) is 1.19. The van der Waals surface area contributed by atoms with Crippen LogP contribution in [0, 0.1) is 5.92 Å². The van der Waals surface area contributed by atoms with Gasteiger partial charge in [0.05, 0.1) is 25.5 Å². The first-order valence-corrected chi connectivity index (χ1v) is 9.75. The molecule has 6 nitrogen and oxygen atoms in total. The molecular formula is C21H28IN3O3. The van der Waals surface area contributed by atoms with E-state index in [1.807, 2.05) is 24.3 Å². The first kappa shape index (κ1) is 21.0. The van der Waals surface area contributed by atoms with Crippen LogP contribution in [0.1, 0.15) is 30.2 Å². The van der Waals surface area contributed by atoms with E-state index in [9.17, 15) is 0 Å². The third kappa shape index (κ3) is 5.64. The Hall–Kier alpha value is -1.74. The SMILES string of the molecule is I.c1coc(CCNC(=NCC2CCOC2)NC2CCOc3ccccc32)c1. The molecule has 2 atom stereocenters. The minimum atomic E-state index is 0. The molecule has 0 aliphatic carbocycles. The van der Waals surface area contributed by atoms with Gasteiger partial charge in [0.15, 0.2) is 5.96 Å². The molecule has 1 fully saturated rings. The van der Waals surface area contributed by atoms with E-state index in [-0.39, 0.29) is 30.0 Å². The zero-order valence-corrected chi connectivity index (χ0v) is 18.3. The first-order chi connectivity index (χ1) is 13.4. The van der Waals surface area contributed by atoms with Crippen LogP contribution in [0.4, 0.5) is 0 Å². The number of para-hydroxylation sites is 1. The van der Waals surface area contributed by atoms with Crippen molar-refractivity contribution in [1.82, 2.24) is 10.6 Å². The fourth-order valence-corrected chi connectivity index (χ4v) is 3.52. The normalized spacial score (nSPS) is 21.4. The second-order valence-corrected chi connectivity index (χ2v) is 7.05. The van der Waals surface area contributed by atoms with E-state index in [2.05, 4.69) is 22.8 Å². The molecule has 7 heteroatoms. The molecule has 0 amide bonds. The zero-order valence-electron chi connectivity index (χ0n) is 15.9. The van der Waals surface area contributed by atoms with Crippen LogP contribution in [0.2, 0.25) is 0 Å². The number of aliphatic imine (C=N–C) groups is 1. The molecule has 0 radical (unpaired) electrons. The Kier molecular flexibility index (Phi) is 8.02. The lowest BCUT2D eigenvalue weighted by Crippen LogP contribution is -2.42. The molecule has 2 aromatic rings. The number of halogens is 1. The highest BCUT2D eigenvalue weighted by atomic mass is 127. The van der Waals surface area contributed by atoms with Crippen molar-refractivity contribution in [2.24, 2.45) is 10.9 Å². The third-order valence-electron chi connectivity index (χ3n) is 5.05. The number of guanidine groups is 1. The standard InChI is InChI=1S/C21H27N3O3.HI/c1-2-6-20-18(5-1)19(9-13-27-20)24-21(23-14-16-8-12-25-15-16)22-10-7-17-4-3-11-26-17;/h1-6,11,16,19H,7-10,12-15H2,(H2,22,23,24);1H. The largest absolute Gasteiger partial charge is 0.493 e. The number of fused-ring (bicyclic) bond motifs is 1. The summed E-state index contributed by atoms with van der Waals surface area (Å²) in [5, 5.41) is 7.06. The lowest BCUT2D eigenvalue weighted by Gasteiger charge is -2.28. The van der Waals surface area contributed by atoms with Gasteiger partial charge in [-0.15, -0.1) is 24.0 Å². The lowest BCUT2D eigenvalue weighted by atomic mass is 10.0. The second kappa shape index (κ2) is 10.7.